The van der Waals surface area contributed by atoms with Crippen LogP contribution in [0.25, 0.3) is 0 Å². The molecule has 6 nitrogen and oxygen atoms in total. The largest absolute Gasteiger partial charge is 0.383 e. The Bertz CT molecular complexity index is 335. The van der Waals surface area contributed by atoms with Crippen molar-refractivity contribution in [1.29, 1.82) is 0 Å². The summed E-state index contributed by atoms with van der Waals surface area (Å²) in [7, 11) is 3.47. The summed E-state index contributed by atoms with van der Waals surface area (Å²) in [5, 5.41) is 3.10. The summed E-state index contributed by atoms with van der Waals surface area (Å²) >= 11 is 0. The molecule has 2 unspecified atom stereocenters. The van der Waals surface area contributed by atoms with Crippen molar-refractivity contribution in [3.8, 4) is 0 Å². The Labute approximate surface area is 107 Å². The van der Waals surface area contributed by atoms with Gasteiger partial charge in [-0.2, -0.15) is 0 Å². The Hall–Kier alpha value is -1.14. The van der Waals surface area contributed by atoms with Crippen molar-refractivity contribution >= 4 is 11.8 Å². The Kier molecular flexibility index (Phi) is 4.19. The molecule has 1 N–H and O–H groups in total. The minimum Gasteiger partial charge on any atom is -0.383 e. The molecule has 0 bridgehead atoms. The third-order valence-corrected chi connectivity index (χ3v) is 3.71. The number of rotatable bonds is 5. The van der Waals surface area contributed by atoms with Crippen molar-refractivity contribution in [1.82, 2.24) is 15.1 Å². The number of carbonyl (C=O) groups excluding carboxylic acids is 2. The number of carbonyl (C=O) groups is 2. The molecule has 2 fully saturated rings. The lowest BCUT2D eigenvalue weighted by Crippen LogP contribution is -2.59. The van der Waals surface area contributed by atoms with Gasteiger partial charge >= 0.3 is 0 Å². The maximum absolute atomic E-state index is 12.3. The van der Waals surface area contributed by atoms with E-state index in [9.17, 15) is 9.59 Å². The average molecular weight is 255 g/mol. The van der Waals surface area contributed by atoms with Gasteiger partial charge in [-0.25, -0.2) is 0 Å². The van der Waals surface area contributed by atoms with Gasteiger partial charge in [-0.3, -0.25) is 9.59 Å². The van der Waals surface area contributed by atoms with Crippen molar-refractivity contribution < 1.29 is 14.3 Å². The van der Waals surface area contributed by atoms with E-state index in [1.165, 1.54) is 0 Å². The molecule has 0 saturated carbocycles. The highest BCUT2D eigenvalue weighted by Gasteiger charge is 2.42. The third kappa shape index (κ3) is 2.49. The molecule has 0 aromatic rings. The van der Waals surface area contributed by atoms with Gasteiger partial charge in [-0.15, -0.1) is 0 Å². The molecule has 6 heteroatoms. The molecule has 2 aliphatic heterocycles. The van der Waals surface area contributed by atoms with Crippen LogP contribution in [0.2, 0.25) is 0 Å². The second kappa shape index (κ2) is 5.67. The summed E-state index contributed by atoms with van der Waals surface area (Å²) in [5.74, 6) is 0.160. The number of hydrogen-bond donors (Lipinski definition) is 1. The highest BCUT2D eigenvalue weighted by molar-refractivity contribution is 5.95. The van der Waals surface area contributed by atoms with Gasteiger partial charge in [0.05, 0.1) is 13.2 Å². The van der Waals surface area contributed by atoms with Gasteiger partial charge in [-0.05, 0) is 19.9 Å². The zero-order valence-electron chi connectivity index (χ0n) is 11.0. The van der Waals surface area contributed by atoms with Crippen LogP contribution in [0.3, 0.4) is 0 Å². The molecule has 18 heavy (non-hydrogen) atoms. The van der Waals surface area contributed by atoms with E-state index >= 15 is 0 Å². The highest BCUT2D eigenvalue weighted by Crippen LogP contribution is 2.23. The SMILES string of the molecule is CNC(COC)CN1CC(=O)N2CCCC2C1=O. The monoisotopic (exact) mass is 255 g/mol. The summed E-state index contributed by atoms with van der Waals surface area (Å²) in [6, 6.07) is -0.147. The van der Waals surface area contributed by atoms with Crippen LogP contribution in [-0.4, -0.2) is 74.1 Å². The van der Waals surface area contributed by atoms with Crippen LogP contribution in [0.4, 0.5) is 0 Å². The first-order chi connectivity index (χ1) is 8.67. The first-order valence-corrected chi connectivity index (χ1v) is 6.41. The van der Waals surface area contributed by atoms with Gasteiger partial charge < -0.3 is 19.9 Å². The van der Waals surface area contributed by atoms with E-state index < -0.39 is 0 Å². The second-order valence-electron chi connectivity index (χ2n) is 4.90. The van der Waals surface area contributed by atoms with Crippen molar-refractivity contribution in [2.45, 2.75) is 24.9 Å². The molecular weight excluding hydrogens is 234 g/mol. The zero-order valence-corrected chi connectivity index (χ0v) is 11.0. The van der Waals surface area contributed by atoms with Gasteiger partial charge in [0, 0.05) is 26.2 Å². The lowest BCUT2D eigenvalue weighted by Gasteiger charge is -2.37. The van der Waals surface area contributed by atoms with Gasteiger partial charge in [-0.1, -0.05) is 0 Å². The molecule has 2 amide bonds. The molecule has 0 aromatic carbocycles. The molecule has 0 aliphatic carbocycles. The normalized spacial score (nSPS) is 25.6. The van der Waals surface area contributed by atoms with E-state index in [0.29, 0.717) is 13.2 Å². The fraction of sp³-hybridized carbons (Fsp3) is 0.833. The third-order valence-electron chi connectivity index (χ3n) is 3.71. The van der Waals surface area contributed by atoms with E-state index in [2.05, 4.69) is 5.32 Å². The summed E-state index contributed by atoms with van der Waals surface area (Å²) in [6.07, 6.45) is 1.74. The smallest absolute Gasteiger partial charge is 0.245 e. The fourth-order valence-electron chi connectivity index (χ4n) is 2.71. The Morgan fingerprint density at radius 2 is 2.28 bits per heavy atom. The number of nitrogens with one attached hydrogen (secondary N) is 1. The molecule has 2 rings (SSSR count). The maximum Gasteiger partial charge on any atom is 0.245 e. The average Bonchev–Trinajstić information content (AvgIpc) is 2.84. The Balaban J connectivity index is 2.00. The number of hydrogen-bond acceptors (Lipinski definition) is 4. The molecular formula is C12H21N3O3. The summed E-state index contributed by atoms with van der Waals surface area (Å²) < 4.78 is 5.09. The first kappa shape index (κ1) is 13.3. The van der Waals surface area contributed by atoms with Crippen LogP contribution in [0.15, 0.2) is 0 Å². The molecule has 2 aliphatic rings. The van der Waals surface area contributed by atoms with Gasteiger partial charge in [0.25, 0.3) is 0 Å². The predicted octanol–water partition coefficient (Wildman–Crippen LogP) is -0.946. The second-order valence-corrected chi connectivity index (χ2v) is 4.90. The lowest BCUT2D eigenvalue weighted by molar-refractivity contribution is -0.154. The zero-order chi connectivity index (χ0) is 13.1. The van der Waals surface area contributed by atoms with Gasteiger partial charge in [0.2, 0.25) is 11.8 Å². The number of fused-ring (bicyclic) bond motifs is 1. The maximum atomic E-state index is 12.3. The molecule has 2 heterocycles. The summed E-state index contributed by atoms with van der Waals surface area (Å²) in [6.45, 7) is 2.00. The Morgan fingerprint density at radius 1 is 1.50 bits per heavy atom. The van der Waals surface area contributed by atoms with Crippen LogP contribution in [0, 0.1) is 0 Å². The van der Waals surface area contributed by atoms with Crippen LogP contribution < -0.4 is 5.32 Å². The van der Waals surface area contributed by atoms with E-state index in [-0.39, 0.29) is 30.4 Å². The highest BCUT2D eigenvalue weighted by atomic mass is 16.5. The first-order valence-electron chi connectivity index (χ1n) is 6.41. The Morgan fingerprint density at radius 3 is 2.94 bits per heavy atom. The molecule has 2 atom stereocenters. The number of amides is 2. The number of piperazine rings is 1. The molecule has 0 radical (unpaired) electrons. The van der Waals surface area contributed by atoms with E-state index in [4.69, 9.17) is 4.74 Å². The quantitative estimate of drug-likeness (QED) is 0.688. The van der Waals surface area contributed by atoms with Gasteiger partial charge in [0.1, 0.15) is 6.04 Å². The molecule has 2 saturated heterocycles. The minimum absolute atomic E-state index is 0.0692. The topological polar surface area (TPSA) is 61.9 Å². The van der Waals surface area contributed by atoms with E-state index in [0.717, 1.165) is 19.4 Å². The predicted molar refractivity (Wildman–Crippen MR) is 66.0 cm³/mol. The number of methoxy groups -OCH3 is 1. The minimum atomic E-state index is -0.216. The molecule has 102 valence electrons. The molecule has 0 spiro atoms. The van der Waals surface area contributed by atoms with Crippen molar-refractivity contribution in [2.75, 3.05) is 40.4 Å². The molecule has 0 aromatic heterocycles. The fourth-order valence-corrected chi connectivity index (χ4v) is 2.71. The van der Waals surface area contributed by atoms with E-state index in [1.807, 2.05) is 7.05 Å². The number of nitrogens with zero attached hydrogens (tertiary/aromatic N) is 2. The van der Waals surface area contributed by atoms with Crippen molar-refractivity contribution in [2.24, 2.45) is 0 Å². The lowest BCUT2D eigenvalue weighted by atomic mass is 10.1. The van der Waals surface area contributed by atoms with Crippen LogP contribution in [0.5, 0.6) is 0 Å². The number of likely N-dealkylation sites (N-methyl/N-ethyl adjacent to an activating group) is 1. The van der Waals surface area contributed by atoms with Crippen LogP contribution >= 0.6 is 0 Å². The summed E-state index contributed by atoms with van der Waals surface area (Å²) in [4.78, 5) is 27.6. The standard InChI is InChI=1S/C12H21N3O3/c1-13-9(8-18-2)6-14-7-11(16)15-5-3-4-10(15)12(14)17/h9-10,13H,3-8H2,1-2H3. The summed E-state index contributed by atoms with van der Waals surface area (Å²) in [5.41, 5.74) is 0. The number of ether oxygens (including phenoxy) is 1. The van der Waals surface area contributed by atoms with Crippen LogP contribution in [-0.2, 0) is 14.3 Å². The van der Waals surface area contributed by atoms with Crippen LogP contribution in [0.1, 0.15) is 12.8 Å². The van der Waals surface area contributed by atoms with E-state index in [1.54, 1.807) is 16.9 Å². The van der Waals surface area contributed by atoms with Crippen molar-refractivity contribution in [3.05, 3.63) is 0 Å². The van der Waals surface area contributed by atoms with Gasteiger partial charge in [0.15, 0.2) is 0 Å². The van der Waals surface area contributed by atoms with Crippen molar-refractivity contribution in [3.63, 3.8) is 0 Å².